The number of nitrogens with zero attached hydrogens (tertiary/aromatic N) is 1. The second-order valence-electron chi connectivity index (χ2n) is 6.13. The lowest BCUT2D eigenvalue weighted by atomic mass is 9.97. The predicted octanol–water partition coefficient (Wildman–Crippen LogP) is 1.90. The average Bonchev–Trinajstić information content (AvgIpc) is 2.88. The zero-order valence-corrected chi connectivity index (χ0v) is 10.8. The van der Waals surface area contributed by atoms with E-state index in [0.717, 1.165) is 18.7 Å². The maximum Gasteiger partial charge on any atom is 0.0576 e. The molecule has 3 heteroatoms. The summed E-state index contributed by atoms with van der Waals surface area (Å²) in [5.41, 5.74) is 6.10. The third-order valence-corrected chi connectivity index (χ3v) is 4.89. The van der Waals surface area contributed by atoms with Crippen LogP contribution in [0.1, 0.15) is 51.4 Å². The third-order valence-electron chi connectivity index (χ3n) is 4.89. The normalized spacial score (nSPS) is 42.2. The monoisotopic (exact) mass is 238 g/mol. The smallest absolute Gasteiger partial charge is 0.0576 e. The van der Waals surface area contributed by atoms with Gasteiger partial charge in [0.2, 0.25) is 0 Å². The second kappa shape index (κ2) is 5.25. The summed E-state index contributed by atoms with van der Waals surface area (Å²) in [6.45, 7) is 2.27. The lowest BCUT2D eigenvalue weighted by Crippen LogP contribution is -2.47. The first kappa shape index (κ1) is 11.9. The van der Waals surface area contributed by atoms with Gasteiger partial charge in [-0.3, -0.25) is 4.90 Å². The topological polar surface area (TPSA) is 38.5 Å². The van der Waals surface area contributed by atoms with Crippen molar-refractivity contribution < 1.29 is 4.74 Å². The Morgan fingerprint density at radius 3 is 2.53 bits per heavy atom. The highest BCUT2D eigenvalue weighted by molar-refractivity contribution is 4.96. The van der Waals surface area contributed by atoms with Crippen molar-refractivity contribution in [2.24, 2.45) is 5.73 Å². The largest absolute Gasteiger partial charge is 0.378 e. The van der Waals surface area contributed by atoms with Crippen LogP contribution in [-0.2, 0) is 4.74 Å². The Balaban J connectivity index is 1.43. The molecule has 3 atom stereocenters. The summed E-state index contributed by atoms with van der Waals surface area (Å²) >= 11 is 0. The van der Waals surface area contributed by atoms with Crippen LogP contribution in [0.3, 0.4) is 0 Å². The standard InChI is InChI=1S/C14H26N2O/c15-11-9-12-5-6-13(10-11)16(12)7-1-3-14-4-2-8-17-14/h11-14H,1-10,15H2. The summed E-state index contributed by atoms with van der Waals surface area (Å²) in [5, 5.41) is 0. The summed E-state index contributed by atoms with van der Waals surface area (Å²) in [7, 11) is 0. The Morgan fingerprint density at radius 1 is 1.12 bits per heavy atom. The van der Waals surface area contributed by atoms with Gasteiger partial charge >= 0.3 is 0 Å². The Bertz CT molecular complexity index is 239. The minimum absolute atomic E-state index is 0.474. The number of ether oxygens (including phenoxy) is 1. The van der Waals surface area contributed by atoms with Crippen molar-refractivity contribution in [3.63, 3.8) is 0 Å². The van der Waals surface area contributed by atoms with Gasteiger partial charge in [0.15, 0.2) is 0 Å². The molecule has 0 amide bonds. The van der Waals surface area contributed by atoms with Crippen molar-refractivity contribution >= 4 is 0 Å². The molecule has 3 aliphatic rings. The van der Waals surface area contributed by atoms with Crippen molar-refractivity contribution in [1.29, 1.82) is 0 Å². The predicted molar refractivity (Wildman–Crippen MR) is 68.9 cm³/mol. The maximum absolute atomic E-state index is 6.10. The van der Waals surface area contributed by atoms with E-state index in [1.54, 1.807) is 0 Å². The molecular weight excluding hydrogens is 212 g/mol. The zero-order valence-electron chi connectivity index (χ0n) is 10.8. The van der Waals surface area contributed by atoms with Crippen LogP contribution in [0.4, 0.5) is 0 Å². The maximum atomic E-state index is 6.10. The van der Waals surface area contributed by atoms with E-state index in [4.69, 9.17) is 10.5 Å². The minimum atomic E-state index is 0.474. The number of nitrogens with two attached hydrogens (primary N) is 1. The van der Waals surface area contributed by atoms with Crippen LogP contribution >= 0.6 is 0 Å². The Morgan fingerprint density at radius 2 is 1.88 bits per heavy atom. The molecule has 0 aromatic rings. The lowest BCUT2D eigenvalue weighted by Gasteiger charge is -2.37. The molecule has 0 aromatic carbocycles. The van der Waals surface area contributed by atoms with Gasteiger partial charge < -0.3 is 10.5 Å². The van der Waals surface area contributed by atoms with Crippen LogP contribution in [0.5, 0.6) is 0 Å². The van der Waals surface area contributed by atoms with Gasteiger partial charge in [-0.15, -0.1) is 0 Å². The zero-order chi connectivity index (χ0) is 11.7. The van der Waals surface area contributed by atoms with Crippen LogP contribution in [-0.4, -0.2) is 42.3 Å². The molecule has 0 spiro atoms. The minimum Gasteiger partial charge on any atom is -0.378 e. The van der Waals surface area contributed by atoms with Gasteiger partial charge in [-0.05, 0) is 57.9 Å². The summed E-state index contributed by atoms with van der Waals surface area (Å²) in [6, 6.07) is 2.07. The van der Waals surface area contributed by atoms with Crippen LogP contribution in [0, 0.1) is 0 Å². The summed E-state index contributed by atoms with van der Waals surface area (Å²) in [6.07, 6.45) is 10.9. The van der Waals surface area contributed by atoms with E-state index in [1.165, 1.54) is 57.9 Å². The van der Waals surface area contributed by atoms with Crippen LogP contribution in [0.2, 0.25) is 0 Å². The molecule has 3 rings (SSSR count). The summed E-state index contributed by atoms with van der Waals surface area (Å²) in [4.78, 5) is 2.75. The van der Waals surface area contributed by atoms with E-state index in [0.29, 0.717) is 12.1 Å². The molecule has 17 heavy (non-hydrogen) atoms. The van der Waals surface area contributed by atoms with Crippen molar-refractivity contribution in [1.82, 2.24) is 4.90 Å². The number of fused-ring (bicyclic) bond motifs is 2. The van der Waals surface area contributed by atoms with Crippen LogP contribution < -0.4 is 5.73 Å². The number of hydrogen-bond acceptors (Lipinski definition) is 3. The van der Waals surface area contributed by atoms with Gasteiger partial charge in [-0.1, -0.05) is 0 Å². The van der Waals surface area contributed by atoms with Crippen LogP contribution in [0.15, 0.2) is 0 Å². The first-order valence-electron chi connectivity index (χ1n) is 7.46. The van der Waals surface area contributed by atoms with Crippen molar-refractivity contribution in [3.8, 4) is 0 Å². The molecule has 98 valence electrons. The van der Waals surface area contributed by atoms with Crippen molar-refractivity contribution in [2.45, 2.75) is 75.6 Å². The fraction of sp³-hybridized carbons (Fsp3) is 1.00. The SMILES string of the molecule is NC1CC2CCC(C1)N2CCCC1CCCO1. The molecule has 0 saturated carbocycles. The fourth-order valence-electron chi connectivity index (χ4n) is 4.05. The van der Waals surface area contributed by atoms with Gasteiger partial charge in [0.25, 0.3) is 0 Å². The van der Waals surface area contributed by atoms with E-state index in [1.807, 2.05) is 0 Å². The van der Waals surface area contributed by atoms with Gasteiger partial charge in [-0.2, -0.15) is 0 Å². The van der Waals surface area contributed by atoms with Gasteiger partial charge in [0.05, 0.1) is 6.10 Å². The Hall–Kier alpha value is -0.120. The second-order valence-corrected chi connectivity index (χ2v) is 6.13. The highest BCUT2D eigenvalue weighted by atomic mass is 16.5. The molecular formula is C14H26N2O. The van der Waals surface area contributed by atoms with Gasteiger partial charge in [-0.25, -0.2) is 0 Å². The number of piperidine rings is 1. The first-order valence-corrected chi connectivity index (χ1v) is 7.46. The van der Waals surface area contributed by atoms with E-state index in [-0.39, 0.29) is 0 Å². The van der Waals surface area contributed by atoms with Gasteiger partial charge in [0.1, 0.15) is 0 Å². The molecule has 0 radical (unpaired) electrons. The number of hydrogen-bond donors (Lipinski definition) is 1. The molecule has 0 aromatic heterocycles. The van der Waals surface area contributed by atoms with E-state index in [2.05, 4.69) is 4.90 Å². The van der Waals surface area contributed by atoms with E-state index < -0.39 is 0 Å². The molecule has 3 saturated heterocycles. The van der Waals surface area contributed by atoms with Crippen molar-refractivity contribution in [2.75, 3.05) is 13.2 Å². The van der Waals surface area contributed by atoms with Crippen molar-refractivity contribution in [3.05, 3.63) is 0 Å². The highest BCUT2D eigenvalue weighted by Crippen LogP contribution is 2.35. The van der Waals surface area contributed by atoms with E-state index >= 15 is 0 Å². The third kappa shape index (κ3) is 2.67. The Kier molecular flexibility index (Phi) is 3.69. The molecule has 2 bridgehead atoms. The summed E-state index contributed by atoms with van der Waals surface area (Å²) < 4.78 is 5.69. The molecule has 2 N–H and O–H groups in total. The number of rotatable bonds is 4. The molecule has 3 nitrogen and oxygen atoms in total. The molecule has 0 aliphatic carbocycles. The lowest BCUT2D eigenvalue weighted by molar-refractivity contribution is 0.0868. The van der Waals surface area contributed by atoms with Gasteiger partial charge in [0, 0.05) is 24.7 Å². The average molecular weight is 238 g/mol. The fourth-order valence-corrected chi connectivity index (χ4v) is 4.05. The first-order chi connectivity index (χ1) is 8.33. The molecule has 3 fully saturated rings. The molecule has 3 heterocycles. The summed E-state index contributed by atoms with van der Waals surface area (Å²) in [5.74, 6) is 0. The Labute approximate surface area is 105 Å². The highest BCUT2D eigenvalue weighted by Gasteiger charge is 2.38. The molecule has 3 unspecified atom stereocenters. The van der Waals surface area contributed by atoms with Crippen LogP contribution in [0.25, 0.3) is 0 Å². The van der Waals surface area contributed by atoms with E-state index in [9.17, 15) is 0 Å². The quantitative estimate of drug-likeness (QED) is 0.813. The molecule has 3 aliphatic heterocycles.